The summed E-state index contributed by atoms with van der Waals surface area (Å²) in [5.41, 5.74) is 2.37. The number of fused-ring (bicyclic) bond motifs is 1. The lowest BCUT2D eigenvalue weighted by molar-refractivity contribution is -0.0977. The highest BCUT2D eigenvalue weighted by Crippen LogP contribution is 2.47. The van der Waals surface area contributed by atoms with Crippen LogP contribution in [0.25, 0.3) is 5.65 Å². The summed E-state index contributed by atoms with van der Waals surface area (Å²) < 4.78 is 35.9. The minimum absolute atomic E-state index is 0.0667. The number of imidazole rings is 1. The molecule has 52 heavy (non-hydrogen) atoms. The lowest BCUT2D eigenvalue weighted by Gasteiger charge is -2.45. The van der Waals surface area contributed by atoms with Crippen LogP contribution in [-0.4, -0.2) is 66.7 Å². The van der Waals surface area contributed by atoms with Gasteiger partial charge in [0.05, 0.1) is 20.8 Å². The Morgan fingerprint density at radius 1 is 0.788 bits per heavy atom. The summed E-state index contributed by atoms with van der Waals surface area (Å²) in [6.07, 6.45) is 1.49. The minimum Gasteiger partial charge on any atom is -0.497 e. The van der Waals surface area contributed by atoms with Crippen LogP contribution in [0, 0.1) is 0 Å². The van der Waals surface area contributed by atoms with Crippen LogP contribution in [-0.2, 0) is 19.5 Å². The second kappa shape index (κ2) is 15.4. The summed E-state index contributed by atoms with van der Waals surface area (Å²) in [5, 5.41) is 12.3. The van der Waals surface area contributed by atoms with E-state index in [1.807, 2.05) is 66.7 Å². The van der Waals surface area contributed by atoms with E-state index in [2.05, 4.69) is 58.7 Å². The Morgan fingerprint density at radius 3 is 1.85 bits per heavy atom. The van der Waals surface area contributed by atoms with Gasteiger partial charge in [-0.3, -0.25) is 9.48 Å². The molecule has 5 aromatic rings. The summed E-state index contributed by atoms with van der Waals surface area (Å²) >= 11 is 0. The second-order valence-electron chi connectivity index (χ2n) is 14.4. The number of methoxy groups -OCH3 is 2. The number of rotatable bonds is 14. The maximum absolute atomic E-state index is 12.7. The van der Waals surface area contributed by atoms with Gasteiger partial charge in [0.1, 0.15) is 35.4 Å². The molecule has 0 saturated carbocycles. The Kier molecular flexibility index (Phi) is 11.1. The lowest BCUT2D eigenvalue weighted by atomic mass is 9.80. The summed E-state index contributed by atoms with van der Waals surface area (Å²) in [6, 6.07) is 27.3. The third-order valence-electron chi connectivity index (χ3n) is 10.7. The Morgan fingerprint density at radius 2 is 1.33 bits per heavy atom. The first-order chi connectivity index (χ1) is 25.0. The molecule has 0 aliphatic carbocycles. The van der Waals surface area contributed by atoms with E-state index in [1.165, 1.54) is 6.07 Å². The topological polar surface area (TPSA) is 106 Å². The van der Waals surface area contributed by atoms with Gasteiger partial charge in [0.2, 0.25) is 13.7 Å². The highest BCUT2D eigenvalue weighted by molar-refractivity contribution is 6.77. The van der Waals surface area contributed by atoms with Gasteiger partial charge in [-0.2, -0.15) is 0 Å². The SMILES string of the molecule is COc1ccc(C(OC[C@H]2O[C@@H](n3ccc(=O)c4nccn43)[C@H](O)[C@@H]2O[Si](C(C)C)(C(C)C)C(C)C)(c2ccccc2)c2ccc(OC)cc2)cc1. The van der Waals surface area contributed by atoms with Gasteiger partial charge in [-0.15, -0.1) is 0 Å². The van der Waals surface area contributed by atoms with Crippen molar-refractivity contribution < 1.29 is 28.5 Å². The van der Waals surface area contributed by atoms with Crippen LogP contribution in [0.5, 0.6) is 11.5 Å². The molecule has 0 bridgehead atoms. The molecule has 1 aliphatic rings. The number of hydrogen-bond donors (Lipinski definition) is 1. The molecule has 276 valence electrons. The largest absolute Gasteiger partial charge is 0.497 e. The van der Waals surface area contributed by atoms with Crippen molar-refractivity contribution in [3.63, 3.8) is 0 Å². The monoisotopic (exact) mass is 725 g/mol. The van der Waals surface area contributed by atoms with E-state index < -0.39 is 38.5 Å². The van der Waals surface area contributed by atoms with Crippen molar-refractivity contribution >= 4 is 14.0 Å². The average molecular weight is 726 g/mol. The van der Waals surface area contributed by atoms with Crippen LogP contribution < -0.4 is 14.9 Å². The van der Waals surface area contributed by atoms with Crippen molar-refractivity contribution in [2.24, 2.45) is 0 Å². The third-order valence-corrected chi connectivity index (χ3v) is 16.8. The van der Waals surface area contributed by atoms with Crippen LogP contribution in [0.15, 0.2) is 108 Å². The number of aromatic nitrogens is 3. The third kappa shape index (κ3) is 6.60. The van der Waals surface area contributed by atoms with E-state index in [1.54, 1.807) is 42.0 Å². The Hall–Kier alpha value is -4.26. The van der Waals surface area contributed by atoms with E-state index in [4.69, 9.17) is 23.4 Å². The van der Waals surface area contributed by atoms with Crippen molar-refractivity contribution in [2.45, 2.75) is 88.3 Å². The summed E-state index contributed by atoms with van der Waals surface area (Å²) in [7, 11) is 0.747. The molecule has 0 spiro atoms. The fourth-order valence-electron chi connectivity index (χ4n) is 8.30. The lowest BCUT2D eigenvalue weighted by Crippen LogP contribution is -2.54. The number of hydrogen-bond acceptors (Lipinski definition) is 8. The molecule has 0 unspecified atom stereocenters. The molecule has 1 saturated heterocycles. The first-order valence-electron chi connectivity index (χ1n) is 18.0. The highest BCUT2D eigenvalue weighted by Gasteiger charge is 2.54. The maximum Gasteiger partial charge on any atom is 0.224 e. The normalized spacial score (nSPS) is 19.6. The molecule has 0 amide bonds. The minimum atomic E-state index is -2.55. The number of benzene rings is 3. The fourth-order valence-corrected chi connectivity index (χ4v) is 13.9. The standard InChI is InChI=1S/C41H51N3O7Si/c1-27(2)52(28(3)4,29(5)6)51-38-36(50-40(37(38)46)44-24-22-35(45)39-42-23-25-43(39)44)26-49-41(30-12-10-9-11-13-30,31-14-18-33(47-7)19-15-31)32-16-20-34(48-8)21-17-32/h9-25,27-29,36-38,40,46H,26H2,1-8H3/t36-,37-,38-,40-/m1/s1. The molecule has 11 heteroatoms. The van der Waals surface area contributed by atoms with Gasteiger partial charge in [0.25, 0.3) is 0 Å². The van der Waals surface area contributed by atoms with Gasteiger partial charge in [0.15, 0.2) is 11.9 Å². The van der Waals surface area contributed by atoms with Crippen LogP contribution in [0.3, 0.4) is 0 Å². The molecule has 0 radical (unpaired) electrons. The van der Waals surface area contributed by atoms with E-state index >= 15 is 0 Å². The number of nitrogens with zero attached hydrogens (tertiary/aromatic N) is 3. The van der Waals surface area contributed by atoms with E-state index in [0.717, 1.165) is 28.2 Å². The zero-order valence-electron chi connectivity index (χ0n) is 31.3. The van der Waals surface area contributed by atoms with Crippen molar-refractivity contribution in [1.29, 1.82) is 0 Å². The van der Waals surface area contributed by atoms with Crippen molar-refractivity contribution in [3.05, 3.63) is 130 Å². The highest BCUT2D eigenvalue weighted by atomic mass is 28.4. The summed E-state index contributed by atoms with van der Waals surface area (Å²) in [5.74, 6) is 1.45. The predicted molar refractivity (Wildman–Crippen MR) is 204 cm³/mol. The second-order valence-corrected chi connectivity index (χ2v) is 19.8. The van der Waals surface area contributed by atoms with Gasteiger partial charge < -0.3 is 28.5 Å². The molecule has 10 nitrogen and oxygen atoms in total. The average Bonchev–Trinajstić information content (AvgIpc) is 3.77. The van der Waals surface area contributed by atoms with Gasteiger partial charge >= 0.3 is 0 Å². The molecule has 3 aromatic carbocycles. The van der Waals surface area contributed by atoms with Crippen LogP contribution in [0.4, 0.5) is 0 Å². The van der Waals surface area contributed by atoms with Gasteiger partial charge in [-0.25, -0.2) is 9.50 Å². The number of ether oxygens (including phenoxy) is 4. The zero-order chi connectivity index (χ0) is 37.2. The van der Waals surface area contributed by atoms with Crippen molar-refractivity contribution in [3.8, 4) is 11.5 Å². The fraction of sp³-hybridized carbons (Fsp3) is 0.415. The molecule has 6 rings (SSSR count). The van der Waals surface area contributed by atoms with Crippen LogP contribution in [0.1, 0.15) is 64.5 Å². The number of aliphatic hydroxyl groups is 1. The summed E-state index contributed by atoms with van der Waals surface area (Å²) in [4.78, 5) is 16.9. The molecular formula is C41H51N3O7Si. The maximum atomic E-state index is 12.7. The summed E-state index contributed by atoms with van der Waals surface area (Å²) in [6.45, 7) is 13.4. The number of aliphatic hydroxyl groups excluding tert-OH is 1. The quantitative estimate of drug-likeness (QED) is 0.0937. The van der Waals surface area contributed by atoms with Crippen molar-refractivity contribution in [1.82, 2.24) is 14.2 Å². The Labute approximate surface area is 307 Å². The molecule has 3 heterocycles. The smallest absolute Gasteiger partial charge is 0.224 e. The predicted octanol–water partition coefficient (Wildman–Crippen LogP) is 7.34. The van der Waals surface area contributed by atoms with E-state index in [-0.39, 0.29) is 34.3 Å². The molecule has 4 atom stereocenters. The molecule has 1 N–H and O–H groups in total. The van der Waals surface area contributed by atoms with E-state index in [9.17, 15) is 9.90 Å². The van der Waals surface area contributed by atoms with Crippen molar-refractivity contribution in [2.75, 3.05) is 20.8 Å². The van der Waals surface area contributed by atoms with Gasteiger partial charge in [-0.05, 0) is 57.6 Å². The molecular weight excluding hydrogens is 675 g/mol. The molecule has 2 aromatic heterocycles. The van der Waals surface area contributed by atoms with E-state index in [0.29, 0.717) is 0 Å². The molecule has 1 fully saturated rings. The van der Waals surface area contributed by atoms with Gasteiger partial charge in [0, 0.05) is 24.7 Å². The van der Waals surface area contributed by atoms with Crippen LogP contribution >= 0.6 is 0 Å². The molecule has 1 aliphatic heterocycles. The Balaban J connectivity index is 1.49. The first kappa shape index (κ1) is 37.5. The van der Waals surface area contributed by atoms with Gasteiger partial charge in [-0.1, -0.05) is 96.1 Å². The Bertz CT molecular complexity index is 1910. The first-order valence-corrected chi connectivity index (χ1v) is 20.2. The van der Waals surface area contributed by atoms with Crippen LogP contribution in [0.2, 0.25) is 16.6 Å². The zero-order valence-corrected chi connectivity index (χ0v) is 32.3.